The van der Waals surface area contributed by atoms with Gasteiger partial charge < -0.3 is 15.0 Å². The summed E-state index contributed by atoms with van der Waals surface area (Å²) in [5.41, 5.74) is 8.44. The summed E-state index contributed by atoms with van der Waals surface area (Å²) in [6.07, 6.45) is 3.65. The van der Waals surface area contributed by atoms with Gasteiger partial charge in [-0.05, 0) is 25.0 Å². The van der Waals surface area contributed by atoms with Gasteiger partial charge in [0, 0.05) is 25.3 Å². The minimum absolute atomic E-state index is 0.343. The van der Waals surface area contributed by atoms with Gasteiger partial charge in [0.15, 0.2) is 0 Å². The van der Waals surface area contributed by atoms with Gasteiger partial charge in [0.2, 0.25) is 5.88 Å². The number of anilines is 1. The molecule has 0 spiro atoms. The van der Waals surface area contributed by atoms with Crippen LogP contribution in [0.2, 0.25) is 0 Å². The number of ether oxygens (including phenoxy) is 1. The average Bonchev–Trinajstić information content (AvgIpc) is 2.83. The van der Waals surface area contributed by atoms with Gasteiger partial charge in [-0.3, -0.25) is 4.98 Å². The number of hydrogen-bond donors (Lipinski definition) is 1. The Labute approximate surface area is 105 Å². The van der Waals surface area contributed by atoms with Gasteiger partial charge >= 0.3 is 0 Å². The second-order valence-electron chi connectivity index (χ2n) is 4.41. The van der Waals surface area contributed by atoms with E-state index < -0.39 is 0 Å². The predicted octanol–water partition coefficient (Wildman–Crippen LogP) is 2.21. The summed E-state index contributed by atoms with van der Waals surface area (Å²) in [6.45, 7) is 1.53. The quantitative estimate of drug-likeness (QED) is 0.878. The number of nitrogen functional groups attached to an aromatic ring is 1. The van der Waals surface area contributed by atoms with Crippen LogP contribution in [0.5, 0.6) is 0 Å². The predicted molar refractivity (Wildman–Crippen MR) is 66.9 cm³/mol. The smallest absolute Gasteiger partial charge is 0.231 e. The van der Waals surface area contributed by atoms with E-state index in [0.29, 0.717) is 11.8 Å². The van der Waals surface area contributed by atoms with Gasteiger partial charge in [0.25, 0.3) is 0 Å². The second kappa shape index (κ2) is 4.78. The zero-order valence-corrected chi connectivity index (χ0v) is 10.0. The molecule has 0 aliphatic carbocycles. The number of hydrogen-bond acceptors (Lipinski definition) is 5. The molecule has 0 amide bonds. The molecule has 0 bridgehead atoms. The summed E-state index contributed by atoms with van der Waals surface area (Å²) in [7, 11) is 0. The fraction of sp³-hybridized carbons (Fsp3) is 0.385. The van der Waals surface area contributed by atoms with Crippen LogP contribution in [-0.2, 0) is 4.74 Å². The topological polar surface area (TPSA) is 74.2 Å². The normalized spacial score (nSPS) is 16.9. The number of aromatic nitrogens is 2. The Bertz CT molecular complexity index is 518. The van der Waals surface area contributed by atoms with Gasteiger partial charge in [-0.25, -0.2) is 0 Å². The first-order valence-corrected chi connectivity index (χ1v) is 6.10. The van der Waals surface area contributed by atoms with Crippen molar-refractivity contribution in [1.29, 1.82) is 0 Å². The van der Waals surface area contributed by atoms with Crippen LogP contribution in [-0.4, -0.2) is 23.4 Å². The van der Waals surface area contributed by atoms with E-state index in [9.17, 15) is 0 Å². The van der Waals surface area contributed by atoms with E-state index in [2.05, 4.69) is 10.1 Å². The summed E-state index contributed by atoms with van der Waals surface area (Å²) in [6, 6.07) is 5.73. The highest BCUT2D eigenvalue weighted by Crippen LogP contribution is 2.36. The molecule has 0 aromatic carbocycles. The lowest BCUT2D eigenvalue weighted by Gasteiger charge is -2.20. The number of nitrogens with zero attached hydrogens (tertiary/aromatic N) is 2. The molecule has 0 atom stereocenters. The third kappa shape index (κ3) is 1.97. The van der Waals surface area contributed by atoms with Gasteiger partial charge in [0.1, 0.15) is 0 Å². The molecule has 1 aliphatic heterocycles. The molecule has 1 saturated heterocycles. The van der Waals surface area contributed by atoms with Crippen LogP contribution in [0.1, 0.15) is 24.5 Å². The first-order valence-electron chi connectivity index (χ1n) is 6.10. The summed E-state index contributed by atoms with van der Waals surface area (Å²) in [5.74, 6) is 0.687. The first kappa shape index (κ1) is 11.2. The number of rotatable bonds is 2. The van der Waals surface area contributed by atoms with E-state index in [4.69, 9.17) is 15.0 Å². The van der Waals surface area contributed by atoms with E-state index in [1.807, 2.05) is 18.2 Å². The van der Waals surface area contributed by atoms with E-state index in [-0.39, 0.29) is 0 Å². The fourth-order valence-corrected chi connectivity index (χ4v) is 2.33. The minimum Gasteiger partial charge on any atom is -0.381 e. The Balaban J connectivity index is 2.01. The summed E-state index contributed by atoms with van der Waals surface area (Å²) in [5, 5.41) is 4.12. The van der Waals surface area contributed by atoms with Crippen LogP contribution in [0, 0.1) is 0 Å². The molecule has 94 valence electrons. The maximum Gasteiger partial charge on any atom is 0.231 e. The lowest BCUT2D eigenvalue weighted by Crippen LogP contribution is -2.15. The molecule has 0 saturated carbocycles. The molecule has 3 heterocycles. The highest BCUT2D eigenvalue weighted by atomic mass is 16.5. The van der Waals surface area contributed by atoms with Crippen molar-refractivity contribution in [2.45, 2.75) is 18.8 Å². The van der Waals surface area contributed by atoms with Gasteiger partial charge in [0.05, 0.1) is 17.0 Å². The summed E-state index contributed by atoms with van der Waals surface area (Å²) < 4.78 is 10.5. The van der Waals surface area contributed by atoms with Gasteiger partial charge in [-0.1, -0.05) is 11.2 Å². The maximum atomic E-state index is 5.88. The van der Waals surface area contributed by atoms with Crippen LogP contribution < -0.4 is 5.73 Å². The standard InChI is InChI=1S/C13H15N3O2/c14-13-11(10-3-1-2-6-15-10)12(16-18-13)9-4-7-17-8-5-9/h1-3,6,9H,4-5,7-8,14H2. The van der Waals surface area contributed by atoms with Crippen LogP contribution in [0.25, 0.3) is 11.3 Å². The fourth-order valence-electron chi connectivity index (χ4n) is 2.33. The SMILES string of the molecule is Nc1onc(C2CCOCC2)c1-c1ccccn1. The lowest BCUT2D eigenvalue weighted by molar-refractivity contribution is 0.0839. The van der Waals surface area contributed by atoms with E-state index in [1.165, 1.54) is 0 Å². The van der Waals surface area contributed by atoms with Crippen LogP contribution in [0.15, 0.2) is 28.9 Å². The third-order valence-corrected chi connectivity index (χ3v) is 3.27. The molecule has 18 heavy (non-hydrogen) atoms. The van der Waals surface area contributed by atoms with Crippen molar-refractivity contribution in [3.05, 3.63) is 30.1 Å². The van der Waals surface area contributed by atoms with Gasteiger partial charge in [-0.15, -0.1) is 0 Å². The van der Waals surface area contributed by atoms with Crippen molar-refractivity contribution in [2.24, 2.45) is 0 Å². The van der Waals surface area contributed by atoms with Gasteiger partial charge in [-0.2, -0.15) is 0 Å². The van der Waals surface area contributed by atoms with E-state index in [0.717, 1.165) is 43.0 Å². The van der Waals surface area contributed by atoms with Crippen LogP contribution in [0.3, 0.4) is 0 Å². The Morgan fingerprint density at radius 1 is 1.22 bits per heavy atom. The summed E-state index contributed by atoms with van der Waals surface area (Å²) >= 11 is 0. The molecular weight excluding hydrogens is 230 g/mol. The Morgan fingerprint density at radius 3 is 2.78 bits per heavy atom. The molecule has 1 aliphatic rings. The molecule has 0 unspecified atom stereocenters. The Morgan fingerprint density at radius 2 is 2.06 bits per heavy atom. The molecule has 5 heteroatoms. The zero-order chi connectivity index (χ0) is 12.4. The second-order valence-corrected chi connectivity index (χ2v) is 4.41. The number of nitrogens with two attached hydrogens (primary N) is 1. The maximum absolute atomic E-state index is 5.88. The Kier molecular flexibility index (Phi) is 2.98. The number of pyridine rings is 1. The average molecular weight is 245 g/mol. The first-order chi connectivity index (χ1) is 8.86. The van der Waals surface area contributed by atoms with Crippen molar-refractivity contribution in [2.75, 3.05) is 18.9 Å². The van der Waals surface area contributed by atoms with E-state index >= 15 is 0 Å². The molecule has 2 aromatic heterocycles. The molecule has 3 rings (SSSR count). The molecule has 1 fully saturated rings. The van der Waals surface area contributed by atoms with Crippen molar-refractivity contribution in [3.8, 4) is 11.3 Å². The largest absolute Gasteiger partial charge is 0.381 e. The molecule has 5 nitrogen and oxygen atoms in total. The van der Waals surface area contributed by atoms with E-state index in [1.54, 1.807) is 6.20 Å². The van der Waals surface area contributed by atoms with Crippen LogP contribution >= 0.6 is 0 Å². The third-order valence-electron chi connectivity index (χ3n) is 3.27. The van der Waals surface area contributed by atoms with Crippen molar-refractivity contribution < 1.29 is 9.26 Å². The van der Waals surface area contributed by atoms with Crippen molar-refractivity contribution in [1.82, 2.24) is 10.1 Å². The van der Waals surface area contributed by atoms with Crippen molar-refractivity contribution >= 4 is 5.88 Å². The lowest BCUT2D eigenvalue weighted by atomic mass is 9.92. The minimum atomic E-state index is 0.343. The monoisotopic (exact) mass is 245 g/mol. The highest BCUT2D eigenvalue weighted by molar-refractivity contribution is 5.72. The zero-order valence-electron chi connectivity index (χ0n) is 10.0. The van der Waals surface area contributed by atoms with Crippen molar-refractivity contribution in [3.63, 3.8) is 0 Å². The highest BCUT2D eigenvalue weighted by Gasteiger charge is 2.26. The molecule has 0 radical (unpaired) electrons. The molecule has 2 aromatic rings. The van der Waals surface area contributed by atoms with Crippen LogP contribution in [0.4, 0.5) is 5.88 Å². The molecule has 2 N–H and O–H groups in total. The molecular formula is C13H15N3O2. The Hall–Kier alpha value is -1.88. The summed E-state index contributed by atoms with van der Waals surface area (Å²) in [4.78, 5) is 4.33.